The van der Waals surface area contributed by atoms with Crippen LogP contribution in [0.5, 0.6) is 0 Å². The highest BCUT2D eigenvalue weighted by molar-refractivity contribution is 5.91. The SMILES string of the molecule is Cn1nc(C2CCCCC2)cc1[C@@H]1CN2CC[C@H]1C[C@@H]2CNC(=O)c1ccco1. The molecule has 4 fully saturated rings. The molecule has 1 aliphatic carbocycles. The molecule has 3 aliphatic heterocycles. The lowest BCUT2D eigenvalue weighted by Gasteiger charge is -2.49. The molecule has 0 aromatic carbocycles. The van der Waals surface area contributed by atoms with Crippen molar-refractivity contribution in [2.75, 3.05) is 19.6 Å². The van der Waals surface area contributed by atoms with Crippen LogP contribution in [0.4, 0.5) is 0 Å². The van der Waals surface area contributed by atoms with Gasteiger partial charge in [-0.1, -0.05) is 19.3 Å². The number of hydrogen-bond acceptors (Lipinski definition) is 4. The Labute approximate surface area is 172 Å². The highest BCUT2D eigenvalue weighted by Gasteiger charge is 2.42. The molecule has 2 aromatic rings. The second-order valence-corrected chi connectivity index (χ2v) is 9.18. The lowest BCUT2D eigenvalue weighted by molar-refractivity contribution is 0.0278. The van der Waals surface area contributed by atoms with Gasteiger partial charge >= 0.3 is 0 Å². The Morgan fingerprint density at radius 1 is 1.28 bits per heavy atom. The lowest BCUT2D eigenvalue weighted by Crippen LogP contribution is -2.56. The molecule has 6 rings (SSSR count). The highest BCUT2D eigenvalue weighted by Crippen LogP contribution is 2.42. The Morgan fingerprint density at radius 3 is 2.86 bits per heavy atom. The molecular formula is C23H32N4O2. The Kier molecular flexibility index (Phi) is 5.20. The zero-order chi connectivity index (χ0) is 19.8. The molecule has 0 radical (unpaired) electrons. The molecule has 0 spiro atoms. The molecular weight excluding hydrogens is 364 g/mol. The van der Waals surface area contributed by atoms with Crippen LogP contribution in [0.25, 0.3) is 0 Å². The monoisotopic (exact) mass is 396 g/mol. The van der Waals surface area contributed by atoms with Crippen LogP contribution < -0.4 is 5.32 Å². The summed E-state index contributed by atoms with van der Waals surface area (Å²) in [6.07, 6.45) is 10.6. The van der Waals surface area contributed by atoms with Gasteiger partial charge in [0.25, 0.3) is 5.91 Å². The van der Waals surface area contributed by atoms with Crippen LogP contribution in [0.15, 0.2) is 28.9 Å². The molecule has 29 heavy (non-hydrogen) atoms. The fourth-order valence-corrected chi connectivity index (χ4v) is 5.84. The second kappa shape index (κ2) is 7.98. The molecule has 1 N–H and O–H groups in total. The number of carbonyl (C=O) groups is 1. The van der Waals surface area contributed by atoms with Crippen molar-refractivity contribution in [3.05, 3.63) is 41.6 Å². The fraction of sp³-hybridized carbons (Fsp3) is 0.652. The number of nitrogens with zero attached hydrogens (tertiary/aromatic N) is 3. The lowest BCUT2D eigenvalue weighted by atomic mass is 9.74. The Hall–Kier alpha value is -2.08. The number of fused-ring (bicyclic) bond motifs is 3. The zero-order valence-corrected chi connectivity index (χ0v) is 17.3. The van der Waals surface area contributed by atoms with Crippen LogP contribution in [0.1, 0.15) is 78.7 Å². The van der Waals surface area contributed by atoms with Crippen molar-refractivity contribution in [1.82, 2.24) is 20.0 Å². The van der Waals surface area contributed by atoms with Gasteiger partial charge in [0.2, 0.25) is 0 Å². The predicted molar refractivity (Wildman–Crippen MR) is 111 cm³/mol. The van der Waals surface area contributed by atoms with Crippen LogP contribution in [0.3, 0.4) is 0 Å². The van der Waals surface area contributed by atoms with E-state index in [-0.39, 0.29) is 5.91 Å². The van der Waals surface area contributed by atoms with E-state index in [1.807, 2.05) is 0 Å². The minimum Gasteiger partial charge on any atom is -0.459 e. The predicted octanol–water partition coefficient (Wildman–Crippen LogP) is 3.67. The maximum absolute atomic E-state index is 12.2. The first-order valence-electron chi connectivity index (χ1n) is 11.3. The topological polar surface area (TPSA) is 63.3 Å². The van der Waals surface area contributed by atoms with Gasteiger partial charge in [0, 0.05) is 43.7 Å². The first-order valence-corrected chi connectivity index (χ1v) is 11.3. The molecule has 4 atom stereocenters. The number of aromatic nitrogens is 2. The van der Waals surface area contributed by atoms with E-state index in [9.17, 15) is 4.79 Å². The molecule has 4 aliphatic rings. The van der Waals surface area contributed by atoms with Crippen LogP contribution in [0.2, 0.25) is 0 Å². The van der Waals surface area contributed by atoms with Crippen molar-refractivity contribution in [3.63, 3.8) is 0 Å². The third kappa shape index (κ3) is 3.75. The molecule has 6 heteroatoms. The van der Waals surface area contributed by atoms with Crippen molar-refractivity contribution in [2.45, 2.75) is 62.8 Å². The highest BCUT2D eigenvalue weighted by atomic mass is 16.3. The van der Waals surface area contributed by atoms with Crippen molar-refractivity contribution >= 4 is 5.91 Å². The summed E-state index contributed by atoms with van der Waals surface area (Å²) in [6.45, 7) is 2.91. The number of rotatable bonds is 5. The van der Waals surface area contributed by atoms with Gasteiger partial charge in [-0.15, -0.1) is 0 Å². The summed E-state index contributed by atoms with van der Waals surface area (Å²) in [4.78, 5) is 14.8. The normalized spacial score (nSPS) is 29.8. The summed E-state index contributed by atoms with van der Waals surface area (Å²) in [5.41, 5.74) is 2.74. The number of amides is 1. The van der Waals surface area contributed by atoms with Crippen LogP contribution >= 0.6 is 0 Å². The van der Waals surface area contributed by atoms with Gasteiger partial charge in [-0.3, -0.25) is 14.4 Å². The molecule has 1 amide bonds. The number of nitrogens with one attached hydrogen (secondary N) is 1. The molecule has 1 saturated carbocycles. The standard InChI is InChI=1S/C23H32N4O2/c1-26-21(13-20(25-26)16-6-3-2-4-7-16)19-15-27-10-9-17(19)12-18(27)14-24-23(28)22-8-5-11-29-22/h5,8,11,13,16-19H,2-4,6-7,9-10,12,14-15H2,1H3,(H,24,28)/t17-,18+,19+/m0/s1. The Balaban J connectivity index is 1.23. The molecule has 3 saturated heterocycles. The molecule has 2 bridgehead atoms. The first-order chi connectivity index (χ1) is 14.2. The van der Waals surface area contributed by atoms with Crippen LogP contribution in [0, 0.1) is 5.92 Å². The number of furan rings is 1. The van der Waals surface area contributed by atoms with Gasteiger partial charge < -0.3 is 9.73 Å². The summed E-state index contributed by atoms with van der Waals surface area (Å²) in [5.74, 6) is 2.19. The summed E-state index contributed by atoms with van der Waals surface area (Å²) in [6, 6.07) is 6.30. The first kappa shape index (κ1) is 18.9. The van der Waals surface area contributed by atoms with Gasteiger partial charge in [0.05, 0.1) is 12.0 Å². The zero-order valence-electron chi connectivity index (χ0n) is 17.3. The maximum Gasteiger partial charge on any atom is 0.287 e. The molecule has 156 valence electrons. The third-order valence-corrected chi connectivity index (χ3v) is 7.46. The van der Waals surface area contributed by atoms with E-state index < -0.39 is 0 Å². The van der Waals surface area contributed by atoms with E-state index >= 15 is 0 Å². The number of hydrogen-bond donors (Lipinski definition) is 1. The van der Waals surface area contributed by atoms with Crippen molar-refractivity contribution in [1.29, 1.82) is 0 Å². The minimum absolute atomic E-state index is 0.113. The summed E-state index contributed by atoms with van der Waals surface area (Å²) >= 11 is 0. The third-order valence-electron chi connectivity index (χ3n) is 7.46. The van der Waals surface area contributed by atoms with Crippen LogP contribution in [-0.2, 0) is 7.05 Å². The van der Waals surface area contributed by atoms with Crippen LogP contribution in [-0.4, -0.2) is 46.3 Å². The minimum atomic E-state index is -0.113. The number of carbonyl (C=O) groups excluding carboxylic acids is 1. The van der Waals surface area contributed by atoms with E-state index in [2.05, 4.69) is 28.0 Å². The number of aryl methyl sites for hydroxylation is 1. The molecule has 5 heterocycles. The largest absolute Gasteiger partial charge is 0.459 e. The van der Waals surface area contributed by atoms with Crippen molar-refractivity contribution in [3.8, 4) is 0 Å². The molecule has 1 unspecified atom stereocenters. The summed E-state index contributed by atoms with van der Waals surface area (Å²) in [7, 11) is 2.13. The summed E-state index contributed by atoms with van der Waals surface area (Å²) < 4.78 is 7.36. The molecule has 6 nitrogen and oxygen atoms in total. The van der Waals surface area contributed by atoms with Gasteiger partial charge in [-0.05, 0) is 56.3 Å². The number of piperidine rings is 3. The van der Waals surface area contributed by atoms with Gasteiger partial charge in [-0.25, -0.2) is 0 Å². The van der Waals surface area contributed by atoms with E-state index in [4.69, 9.17) is 9.52 Å². The second-order valence-electron chi connectivity index (χ2n) is 9.18. The van der Waals surface area contributed by atoms with E-state index in [0.29, 0.717) is 36.1 Å². The van der Waals surface area contributed by atoms with E-state index in [1.165, 1.54) is 49.9 Å². The molecule has 2 aromatic heterocycles. The average molecular weight is 397 g/mol. The average Bonchev–Trinajstić information content (AvgIpc) is 3.43. The van der Waals surface area contributed by atoms with Gasteiger partial charge in [0.1, 0.15) is 0 Å². The Bertz CT molecular complexity index is 837. The quantitative estimate of drug-likeness (QED) is 0.838. The Morgan fingerprint density at radius 2 is 2.14 bits per heavy atom. The van der Waals surface area contributed by atoms with E-state index in [0.717, 1.165) is 19.5 Å². The fourth-order valence-electron chi connectivity index (χ4n) is 5.84. The van der Waals surface area contributed by atoms with Crippen molar-refractivity contribution in [2.24, 2.45) is 13.0 Å². The maximum atomic E-state index is 12.2. The smallest absolute Gasteiger partial charge is 0.287 e. The van der Waals surface area contributed by atoms with E-state index in [1.54, 1.807) is 18.4 Å². The summed E-state index contributed by atoms with van der Waals surface area (Å²) in [5, 5.41) is 7.99. The van der Waals surface area contributed by atoms with Gasteiger partial charge in [0.15, 0.2) is 5.76 Å². The van der Waals surface area contributed by atoms with Crippen molar-refractivity contribution < 1.29 is 9.21 Å². The van der Waals surface area contributed by atoms with Gasteiger partial charge in [-0.2, -0.15) is 5.10 Å².